The Balaban J connectivity index is 1.86. The van der Waals surface area contributed by atoms with E-state index in [-0.39, 0.29) is 0 Å². The molecular weight excluding hydrogens is 304 g/mol. The number of nitrogens with zero attached hydrogens (tertiary/aromatic N) is 2. The number of aryl methyl sites for hydroxylation is 1. The highest BCUT2D eigenvalue weighted by atomic mass is 35.5. The molecule has 0 N–H and O–H groups in total. The largest absolute Gasteiger partial charge is 0.343 e. The molecule has 1 aromatic heterocycles. The molecule has 0 bridgehead atoms. The molecule has 0 aliphatic heterocycles. The lowest BCUT2D eigenvalue weighted by Gasteiger charge is -2.08. The number of hydrogen-bond acceptors (Lipinski definition) is 1. The minimum Gasteiger partial charge on any atom is -0.343 e. The van der Waals surface area contributed by atoms with Crippen molar-refractivity contribution in [2.75, 3.05) is 20.6 Å². The van der Waals surface area contributed by atoms with Gasteiger partial charge in [0.05, 0.1) is 0 Å². The minimum atomic E-state index is 0.787. The second-order valence-electron chi connectivity index (χ2n) is 6.33. The monoisotopic (exact) mass is 326 g/mol. The van der Waals surface area contributed by atoms with Crippen LogP contribution in [0.5, 0.6) is 0 Å². The summed E-state index contributed by atoms with van der Waals surface area (Å²) in [4.78, 5) is 2.24. The van der Waals surface area contributed by atoms with Gasteiger partial charge in [-0.15, -0.1) is 0 Å². The van der Waals surface area contributed by atoms with E-state index in [2.05, 4.69) is 66.2 Å². The summed E-state index contributed by atoms with van der Waals surface area (Å²) in [6, 6.07) is 16.8. The van der Waals surface area contributed by atoms with E-state index in [1.165, 1.54) is 28.5 Å². The van der Waals surface area contributed by atoms with Crippen molar-refractivity contribution in [2.45, 2.75) is 19.4 Å². The van der Waals surface area contributed by atoms with Crippen molar-refractivity contribution >= 4 is 22.5 Å². The third-order valence-corrected chi connectivity index (χ3v) is 4.44. The second-order valence-corrected chi connectivity index (χ2v) is 6.77. The fourth-order valence-electron chi connectivity index (χ4n) is 3.03. The number of benzene rings is 2. The summed E-state index contributed by atoms with van der Waals surface area (Å²) in [7, 11) is 4.26. The van der Waals surface area contributed by atoms with Gasteiger partial charge in [0.25, 0.3) is 0 Å². The van der Waals surface area contributed by atoms with Gasteiger partial charge in [0.1, 0.15) is 0 Å². The highest BCUT2D eigenvalue weighted by Gasteiger charge is 2.08. The number of aromatic nitrogens is 1. The van der Waals surface area contributed by atoms with Crippen molar-refractivity contribution < 1.29 is 0 Å². The lowest BCUT2D eigenvalue weighted by atomic mass is 10.1. The molecule has 120 valence electrons. The molecule has 0 spiro atoms. The Morgan fingerprint density at radius 3 is 2.48 bits per heavy atom. The zero-order chi connectivity index (χ0) is 16.2. The van der Waals surface area contributed by atoms with Crippen molar-refractivity contribution in [2.24, 2.45) is 0 Å². The standard InChI is InChI=1S/C20H23ClN2/c1-22(2)13-5-6-17-15-23(20-8-4-3-7-19(17)20)14-16-9-11-18(21)12-10-16/h3-4,7-12,15H,5-6,13-14H2,1-2H3. The van der Waals surface area contributed by atoms with E-state index in [0.717, 1.165) is 24.5 Å². The Labute approximate surface area is 143 Å². The van der Waals surface area contributed by atoms with Crippen LogP contribution >= 0.6 is 11.6 Å². The van der Waals surface area contributed by atoms with Crippen LogP contribution in [0.2, 0.25) is 5.02 Å². The Morgan fingerprint density at radius 1 is 1.00 bits per heavy atom. The SMILES string of the molecule is CN(C)CCCc1cn(Cc2ccc(Cl)cc2)c2ccccc12. The first-order valence-electron chi connectivity index (χ1n) is 8.09. The first kappa shape index (κ1) is 16.1. The van der Waals surface area contributed by atoms with Gasteiger partial charge < -0.3 is 9.47 Å². The van der Waals surface area contributed by atoms with Crippen LogP contribution in [0.3, 0.4) is 0 Å². The molecule has 3 heteroatoms. The molecule has 0 unspecified atom stereocenters. The van der Waals surface area contributed by atoms with Crippen molar-refractivity contribution in [1.82, 2.24) is 9.47 Å². The van der Waals surface area contributed by atoms with E-state index < -0.39 is 0 Å². The predicted molar refractivity (Wildman–Crippen MR) is 99.4 cm³/mol. The van der Waals surface area contributed by atoms with Crippen LogP contribution < -0.4 is 0 Å². The lowest BCUT2D eigenvalue weighted by molar-refractivity contribution is 0.400. The van der Waals surface area contributed by atoms with Crippen LogP contribution in [0, 0.1) is 0 Å². The third kappa shape index (κ3) is 3.95. The van der Waals surface area contributed by atoms with Gasteiger partial charge in [-0.3, -0.25) is 0 Å². The zero-order valence-electron chi connectivity index (χ0n) is 13.8. The van der Waals surface area contributed by atoms with Gasteiger partial charge in [-0.25, -0.2) is 0 Å². The average molecular weight is 327 g/mol. The summed E-state index contributed by atoms with van der Waals surface area (Å²) in [5.41, 5.74) is 4.02. The Morgan fingerprint density at radius 2 is 1.74 bits per heavy atom. The highest BCUT2D eigenvalue weighted by Crippen LogP contribution is 2.24. The Kier molecular flexibility index (Phi) is 5.04. The van der Waals surface area contributed by atoms with Crippen molar-refractivity contribution in [3.05, 3.63) is 70.9 Å². The molecule has 0 saturated heterocycles. The topological polar surface area (TPSA) is 8.17 Å². The number of halogens is 1. The molecule has 0 aliphatic carbocycles. The van der Waals surface area contributed by atoms with Gasteiger partial charge in [0.2, 0.25) is 0 Å². The fraction of sp³-hybridized carbons (Fsp3) is 0.300. The summed E-state index contributed by atoms with van der Waals surface area (Å²) >= 11 is 5.99. The van der Waals surface area contributed by atoms with Gasteiger partial charge >= 0.3 is 0 Å². The molecule has 0 fully saturated rings. The van der Waals surface area contributed by atoms with E-state index in [1.807, 2.05) is 12.1 Å². The Hall–Kier alpha value is -1.77. The van der Waals surface area contributed by atoms with E-state index in [9.17, 15) is 0 Å². The molecular formula is C20H23ClN2. The molecule has 23 heavy (non-hydrogen) atoms. The first-order valence-corrected chi connectivity index (χ1v) is 8.47. The van der Waals surface area contributed by atoms with Gasteiger partial charge in [0.15, 0.2) is 0 Å². The molecule has 1 heterocycles. The van der Waals surface area contributed by atoms with Crippen LogP contribution in [0.15, 0.2) is 54.7 Å². The summed E-state index contributed by atoms with van der Waals surface area (Å²) in [6.45, 7) is 2.00. The normalized spacial score (nSPS) is 11.5. The van der Waals surface area contributed by atoms with E-state index in [0.29, 0.717) is 0 Å². The van der Waals surface area contributed by atoms with Crippen molar-refractivity contribution in [3.8, 4) is 0 Å². The number of hydrogen-bond donors (Lipinski definition) is 0. The number of para-hydroxylation sites is 1. The maximum absolute atomic E-state index is 5.99. The van der Waals surface area contributed by atoms with E-state index in [1.54, 1.807) is 0 Å². The minimum absolute atomic E-state index is 0.787. The number of fused-ring (bicyclic) bond motifs is 1. The smallest absolute Gasteiger partial charge is 0.0486 e. The van der Waals surface area contributed by atoms with Crippen LogP contribution in [-0.2, 0) is 13.0 Å². The lowest BCUT2D eigenvalue weighted by Crippen LogP contribution is -2.13. The zero-order valence-corrected chi connectivity index (χ0v) is 14.6. The van der Waals surface area contributed by atoms with Crippen LogP contribution in [0.4, 0.5) is 0 Å². The van der Waals surface area contributed by atoms with Gasteiger partial charge in [-0.05, 0) is 62.8 Å². The van der Waals surface area contributed by atoms with Crippen LogP contribution in [0.25, 0.3) is 10.9 Å². The summed E-state index contributed by atoms with van der Waals surface area (Å²) in [5.74, 6) is 0. The first-order chi connectivity index (χ1) is 11.1. The summed E-state index contributed by atoms with van der Waals surface area (Å²) in [6.07, 6.45) is 4.61. The molecule has 3 rings (SSSR count). The predicted octanol–water partition coefficient (Wildman–Crippen LogP) is 4.84. The molecule has 0 atom stereocenters. The van der Waals surface area contributed by atoms with Gasteiger partial charge in [-0.2, -0.15) is 0 Å². The van der Waals surface area contributed by atoms with Crippen LogP contribution in [0.1, 0.15) is 17.5 Å². The molecule has 2 aromatic carbocycles. The fourth-order valence-corrected chi connectivity index (χ4v) is 3.15. The average Bonchev–Trinajstić information content (AvgIpc) is 2.88. The third-order valence-electron chi connectivity index (χ3n) is 4.19. The molecule has 0 saturated carbocycles. The van der Waals surface area contributed by atoms with E-state index in [4.69, 9.17) is 11.6 Å². The second kappa shape index (κ2) is 7.20. The summed E-state index contributed by atoms with van der Waals surface area (Å²) in [5, 5.41) is 2.16. The maximum Gasteiger partial charge on any atom is 0.0486 e. The quantitative estimate of drug-likeness (QED) is 0.629. The molecule has 0 amide bonds. The van der Waals surface area contributed by atoms with E-state index >= 15 is 0 Å². The van der Waals surface area contributed by atoms with Crippen LogP contribution in [-0.4, -0.2) is 30.1 Å². The van der Waals surface area contributed by atoms with Crippen molar-refractivity contribution in [1.29, 1.82) is 0 Å². The summed E-state index contributed by atoms with van der Waals surface area (Å²) < 4.78 is 2.35. The molecule has 3 aromatic rings. The molecule has 0 aliphatic rings. The Bertz CT molecular complexity index is 772. The van der Waals surface area contributed by atoms with Crippen molar-refractivity contribution in [3.63, 3.8) is 0 Å². The molecule has 2 nitrogen and oxygen atoms in total. The highest BCUT2D eigenvalue weighted by molar-refractivity contribution is 6.30. The van der Waals surface area contributed by atoms with Gasteiger partial charge in [-0.1, -0.05) is 41.9 Å². The van der Waals surface area contributed by atoms with Gasteiger partial charge in [0, 0.05) is 28.7 Å². The molecule has 0 radical (unpaired) electrons. The number of rotatable bonds is 6. The maximum atomic E-state index is 5.99.